The van der Waals surface area contributed by atoms with E-state index in [-0.39, 0.29) is 4.75 Å². The van der Waals surface area contributed by atoms with Crippen LogP contribution in [0.5, 0.6) is 0 Å². The Bertz CT molecular complexity index is 465. The Balaban J connectivity index is 2.31. The van der Waals surface area contributed by atoms with E-state index in [2.05, 4.69) is 40.7 Å². The molecule has 17 heavy (non-hydrogen) atoms. The van der Waals surface area contributed by atoms with E-state index < -0.39 is 0 Å². The lowest BCUT2D eigenvalue weighted by Gasteiger charge is -2.39. The molecule has 1 saturated heterocycles. The van der Waals surface area contributed by atoms with Gasteiger partial charge >= 0.3 is 0 Å². The molecule has 1 fully saturated rings. The van der Waals surface area contributed by atoms with Gasteiger partial charge in [0.15, 0.2) is 0 Å². The van der Waals surface area contributed by atoms with Crippen molar-refractivity contribution >= 4 is 33.4 Å². The van der Waals surface area contributed by atoms with E-state index >= 15 is 0 Å². The van der Waals surface area contributed by atoms with Crippen LogP contribution in [0.4, 0.5) is 5.69 Å². The average Bonchev–Trinajstić information content (AvgIpc) is 2.27. The van der Waals surface area contributed by atoms with Crippen molar-refractivity contribution in [2.24, 2.45) is 0 Å². The van der Waals surface area contributed by atoms with E-state index in [1.165, 1.54) is 0 Å². The molecule has 0 radical (unpaired) electrons. The number of thioether (sulfide) groups is 1. The molecule has 1 aromatic carbocycles. The third kappa shape index (κ3) is 2.97. The normalized spacial score (nSPS) is 18.8. The first-order chi connectivity index (χ1) is 8.02. The summed E-state index contributed by atoms with van der Waals surface area (Å²) in [6, 6.07) is 8.22. The van der Waals surface area contributed by atoms with Gasteiger partial charge in [-0.15, -0.1) is 0 Å². The minimum atomic E-state index is 0.262. The van der Waals surface area contributed by atoms with E-state index in [0.29, 0.717) is 0 Å². The molecule has 1 aliphatic heterocycles. The molecule has 0 aliphatic carbocycles. The largest absolute Gasteiger partial charge is 0.368 e. The standard InChI is InChI=1S/C13H15BrN2S/c1-13(2)9-16(5-6-17-13)12-4-3-11(14)7-10(12)8-15/h3-4,7H,5-6,9H2,1-2H3. The molecule has 0 atom stereocenters. The van der Waals surface area contributed by atoms with Crippen LogP contribution in [0.25, 0.3) is 0 Å². The average molecular weight is 311 g/mol. The maximum absolute atomic E-state index is 9.20. The summed E-state index contributed by atoms with van der Waals surface area (Å²) in [6.07, 6.45) is 0. The topological polar surface area (TPSA) is 27.0 Å². The fraction of sp³-hybridized carbons (Fsp3) is 0.462. The lowest BCUT2D eigenvalue weighted by molar-refractivity contribution is 0.647. The van der Waals surface area contributed by atoms with Crippen LogP contribution in [0, 0.1) is 11.3 Å². The van der Waals surface area contributed by atoms with Crippen LogP contribution in [0.2, 0.25) is 0 Å². The molecule has 0 bridgehead atoms. The summed E-state index contributed by atoms with van der Waals surface area (Å²) >= 11 is 5.41. The SMILES string of the molecule is CC1(C)CN(c2ccc(Br)cc2C#N)CCS1. The molecule has 1 aromatic rings. The monoisotopic (exact) mass is 310 g/mol. The highest BCUT2D eigenvalue weighted by atomic mass is 79.9. The van der Waals surface area contributed by atoms with Crippen molar-refractivity contribution in [1.82, 2.24) is 0 Å². The van der Waals surface area contributed by atoms with Gasteiger partial charge in [0.25, 0.3) is 0 Å². The Morgan fingerprint density at radius 2 is 2.24 bits per heavy atom. The molecule has 0 spiro atoms. The van der Waals surface area contributed by atoms with Crippen molar-refractivity contribution in [2.45, 2.75) is 18.6 Å². The first-order valence-electron chi connectivity index (χ1n) is 5.60. The number of nitrogens with zero attached hydrogens (tertiary/aromatic N) is 2. The highest BCUT2D eigenvalue weighted by Crippen LogP contribution is 2.34. The van der Waals surface area contributed by atoms with Crippen LogP contribution < -0.4 is 4.90 Å². The van der Waals surface area contributed by atoms with Crippen molar-refractivity contribution in [3.05, 3.63) is 28.2 Å². The number of rotatable bonds is 1. The van der Waals surface area contributed by atoms with Gasteiger partial charge in [0.05, 0.1) is 11.3 Å². The molecule has 4 heteroatoms. The summed E-state index contributed by atoms with van der Waals surface area (Å²) in [5.41, 5.74) is 1.81. The van der Waals surface area contributed by atoms with Gasteiger partial charge in [0.1, 0.15) is 6.07 Å². The molecule has 0 aromatic heterocycles. The van der Waals surface area contributed by atoms with Crippen molar-refractivity contribution in [2.75, 3.05) is 23.7 Å². The summed E-state index contributed by atoms with van der Waals surface area (Å²) in [5.74, 6) is 1.12. The predicted molar refractivity (Wildman–Crippen MR) is 77.6 cm³/mol. The number of hydrogen-bond donors (Lipinski definition) is 0. The van der Waals surface area contributed by atoms with Crippen LogP contribution in [-0.2, 0) is 0 Å². The van der Waals surface area contributed by atoms with Crippen LogP contribution in [-0.4, -0.2) is 23.6 Å². The molecule has 0 N–H and O–H groups in total. The van der Waals surface area contributed by atoms with E-state index in [9.17, 15) is 5.26 Å². The highest BCUT2D eigenvalue weighted by molar-refractivity contribution is 9.10. The third-order valence-corrected chi connectivity index (χ3v) is 4.64. The maximum atomic E-state index is 9.20. The Morgan fingerprint density at radius 1 is 1.47 bits per heavy atom. The molecular formula is C13H15BrN2S. The molecular weight excluding hydrogens is 296 g/mol. The Hall–Kier alpha value is -0.660. The number of hydrogen-bond acceptors (Lipinski definition) is 3. The fourth-order valence-corrected chi connectivity index (χ4v) is 3.57. The van der Waals surface area contributed by atoms with E-state index in [0.717, 1.165) is 34.6 Å². The second-order valence-electron chi connectivity index (χ2n) is 4.80. The third-order valence-electron chi connectivity index (χ3n) is 2.85. The van der Waals surface area contributed by atoms with Crippen molar-refractivity contribution in [3.63, 3.8) is 0 Å². The Labute approximate surface area is 115 Å². The van der Waals surface area contributed by atoms with Gasteiger partial charge < -0.3 is 4.90 Å². The summed E-state index contributed by atoms with van der Waals surface area (Å²) in [7, 11) is 0. The zero-order valence-corrected chi connectivity index (χ0v) is 12.4. The first kappa shape index (κ1) is 12.8. The summed E-state index contributed by atoms with van der Waals surface area (Å²) < 4.78 is 1.22. The lowest BCUT2D eigenvalue weighted by Crippen LogP contribution is -2.43. The van der Waals surface area contributed by atoms with E-state index in [1.54, 1.807) is 0 Å². The maximum Gasteiger partial charge on any atom is 0.101 e. The lowest BCUT2D eigenvalue weighted by atomic mass is 10.1. The first-order valence-corrected chi connectivity index (χ1v) is 7.38. The van der Waals surface area contributed by atoms with Gasteiger partial charge in [-0.2, -0.15) is 17.0 Å². The smallest absolute Gasteiger partial charge is 0.101 e. The van der Waals surface area contributed by atoms with Crippen molar-refractivity contribution < 1.29 is 0 Å². The molecule has 1 heterocycles. The van der Waals surface area contributed by atoms with E-state index in [1.807, 2.05) is 30.0 Å². The van der Waals surface area contributed by atoms with Gasteiger partial charge in [0.2, 0.25) is 0 Å². The Kier molecular flexibility index (Phi) is 3.70. The summed E-state index contributed by atoms with van der Waals surface area (Å²) in [6.45, 7) is 6.53. The molecule has 90 valence electrons. The number of nitriles is 1. The van der Waals surface area contributed by atoms with Gasteiger partial charge in [-0.3, -0.25) is 0 Å². The summed E-state index contributed by atoms with van der Waals surface area (Å²) in [4.78, 5) is 2.32. The molecule has 2 nitrogen and oxygen atoms in total. The predicted octanol–water partition coefficient (Wildman–Crippen LogP) is 3.65. The van der Waals surface area contributed by atoms with Gasteiger partial charge in [0, 0.05) is 28.1 Å². The Morgan fingerprint density at radius 3 is 2.88 bits per heavy atom. The van der Waals surface area contributed by atoms with Crippen molar-refractivity contribution in [1.29, 1.82) is 5.26 Å². The molecule has 0 saturated carbocycles. The molecule has 2 rings (SSSR count). The minimum absolute atomic E-state index is 0.262. The van der Waals surface area contributed by atoms with E-state index in [4.69, 9.17) is 0 Å². The summed E-state index contributed by atoms with van der Waals surface area (Å²) in [5, 5.41) is 9.20. The number of benzene rings is 1. The second-order valence-corrected chi connectivity index (χ2v) is 7.52. The van der Waals surface area contributed by atoms with Crippen molar-refractivity contribution in [3.8, 4) is 6.07 Å². The molecule has 0 amide bonds. The molecule has 1 aliphatic rings. The van der Waals surface area contributed by atoms with Crippen LogP contribution >= 0.6 is 27.7 Å². The number of anilines is 1. The van der Waals surface area contributed by atoms with Gasteiger partial charge in [-0.05, 0) is 32.0 Å². The van der Waals surface area contributed by atoms with Gasteiger partial charge in [-0.25, -0.2) is 0 Å². The van der Waals surface area contributed by atoms with Crippen LogP contribution in [0.1, 0.15) is 19.4 Å². The van der Waals surface area contributed by atoms with Gasteiger partial charge in [-0.1, -0.05) is 15.9 Å². The van der Waals surface area contributed by atoms with Crippen LogP contribution in [0.3, 0.4) is 0 Å². The van der Waals surface area contributed by atoms with Crippen LogP contribution in [0.15, 0.2) is 22.7 Å². The zero-order valence-electron chi connectivity index (χ0n) is 10.0. The minimum Gasteiger partial charge on any atom is -0.368 e. The second kappa shape index (κ2) is 4.91. The fourth-order valence-electron chi connectivity index (χ4n) is 2.10. The number of halogens is 1. The quantitative estimate of drug-likeness (QED) is 0.792. The molecule has 0 unspecified atom stereocenters. The zero-order chi connectivity index (χ0) is 12.5. The highest BCUT2D eigenvalue weighted by Gasteiger charge is 2.28.